The number of morpholine rings is 1. The first kappa shape index (κ1) is 10.9. The fraction of sp³-hybridized carbons (Fsp3) is 0.455. The van der Waals surface area contributed by atoms with Gasteiger partial charge in [-0.25, -0.2) is 0 Å². The highest BCUT2D eigenvalue weighted by Gasteiger charge is 2.20. The van der Waals surface area contributed by atoms with Gasteiger partial charge in [-0.1, -0.05) is 0 Å². The lowest BCUT2D eigenvalue weighted by Gasteiger charge is -2.27. The van der Waals surface area contributed by atoms with Crippen molar-refractivity contribution in [1.29, 1.82) is 0 Å². The van der Waals surface area contributed by atoms with Crippen molar-refractivity contribution in [2.24, 2.45) is 0 Å². The van der Waals surface area contributed by atoms with E-state index in [1.54, 1.807) is 17.2 Å². The molecule has 2 rings (SSSR count). The highest BCUT2D eigenvalue weighted by molar-refractivity contribution is 5.96. The van der Waals surface area contributed by atoms with Crippen LogP contribution in [0.2, 0.25) is 0 Å². The highest BCUT2D eigenvalue weighted by Crippen LogP contribution is 2.13. The minimum absolute atomic E-state index is 0.0133. The summed E-state index contributed by atoms with van der Waals surface area (Å²) in [4.78, 5) is 18.0. The fourth-order valence-corrected chi connectivity index (χ4v) is 1.70. The molecule has 0 unspecified atom stereocenters. The summed E-state index contributed by atoms with van der Waals surface area (Å²) in [6, 6.07) is 1.68. The molecule has 0 radical (unpaired) electrons. The molecule has 0 atom stereocenters. The number of aromatic nitrogens is 1. The number of hydrogen-bond donors (Lipinski definition) is 1. The lowest BCUT2D eigenvalue weighted by Crippen LogP contribution is -2.41. The first-order chi connectivity index (χ1) is 7.68. The van der Waals surface area contributed by atoms with Gasteiger partial charge in [0.15, 0.2) is 0 Å². The summed E-state index contributed by atoms with van der Waals surface area (Å²) in [5, 5.41) is 0. The average molecular weight is 221 g/mol. The third-order valence-electron chi connectivity index (χ3n) is 2.64. The Bertz CT molecular complexity index is 400. The van der Waals surface area contributed by atoms with Crippen LogP contribution in [0.1, 0.15) is 16.1 Å². The molecule has 1 aliphatic heterocycles. The number of carbonyl (C=O) groups excluding carboxylic acids is 1. The van der Waals surface area contributed by atoms with Gasteiger partial charge in [0.05, 0.1) is 36.4 Å². The van der Waals surface area contributed by atoms with Crippen LogP contribution in [-0.4, -0.2) is 42.1 Å². The molecule has 86 valence electrons. The Balaban J connectivity index is 2.22. The molecule has 0 aromatic carbocycles. The molecule has 5 nitrogen and oxygen atoms in total. The van der Waals surface area contributed by atoms with Gasteiger partial charge in [-0.2, -0.15) is 0 Å². The second-order valence-electron chi connectivity index (χ2n) is 3.81. The summed E-state index contributed by atoms with van der Waals surface area (Å²) in [5.74, 6) is -0.0133. The van der Waals surface area contributed by atoms with Crippen LogP contribution in [0.15, 0.2) is 12.3 Å². The third kappa shape index (κ3) is 2.14. The number of nitrogens with two attached hydrogens (primary N) is 1. The van der Waals surface area contributed by atoms with Gasteiger partial charge >= 0.3 is 0 Å². The number of aryl methyl sites for hydroxylation is 1. The number of nitrogen functional groups attached to an aromatic ring is 1. The van der Waals surface area contributed by atoms with Crippen molar-refractivity contribution in [2.75, 3.05) is 32.0 Å². The topological polar surface area (TPSA) is 68.5 Å². The molecular formula is C11H15N3O2. The van der Waals surface area contributed by atoms with Gasteiger partial charge in [0.25, 0.3) is 5.91 Å². The quantitative estimate of drug-likeness (QED) is 0.747. The summed E-state index contributed by atoms with van der Waals surface area (Å²) in [5.41, 5.74) is 7.45. The van der Waals surface area contributed by atoms with Crippen molar-refractivity contribution in [1.82, 2.24) is 9.88 Å². The number of anilines is 1. The highest BCUT2D eigenvalue weighted by atomic mass is 16.5. The number of carbonyl (C=O) groups is 1. The smallest absolute Gasteiger partial charge is 0.255 e. The predicted molar refractivity (Wildman–Crippen MR) is 60.1 cm³/mol. The molecule has 0 aliphatic carbocycles. The molecule has 5 heteroatoms. The Kier molecular flexibility index (Phi) is 3.05. The van der Waals surface area contributed by atoms with E-state index in [2.05, 4.69) is 4.98 Å². The van der Waals surface area contributed by atoms with Crippen LogP contribution in [0.5, 0.6) is 0 Å². The molecule has 1 amide bonds. The average Bonchev–Trinajstić information content (AvgIpc) is 2.32. The van der Waals surface area contributed by atoms with Crippen LogP contribution in [0.4, 0.5) is 5.69 Å². The normalized spacial score (nSPS) is 16.2. The Morgan fingerprint density at radius 2 is 2.19 bits per heavy atom. The van der Waals surface area contributed by atoms with Crippen LogP contribution in [0.25, 0.3) is 0 Å². The molecule has 1 saturated heterocycles. The van der Waals surface area contributed by atoms with Crippen molar-refractivity contribution in [3.8, 4) is 0 Å². The number of rotatable bonds is 1. The van der Waals surface area contributed by atoms with Gasteiger partial charge in [-0.15, -0.1) is 0 Å². The van der Waals surface area contributed by atoms with Gasteiger partial charge in [-0.3, -0.25) is 9.78 Å². The first-order valence-corrected chi connectivity index (χ1v) is 5.27. The summed E-state index contributed by atoms with van der Waals surface area (Å²) in [6.45, 7) is 4.27. The van der Waals surface area contributed by atoms with E-state index < -0.39 is 0 Å². The predicted octanol–water partition coefficient (Wildman–Crippen LogP) is 0.445. The lowest BCUT2D eigenvalue weighted by molar-refractivity contribution is 0.0302. The molecule has 2 N–H and O–H groups in total. The zero-order chi connectivity index (χ0) is 11.5. The van der Waals surface area contributed by atoms with E-state index in [-0.39, 0.29) is 5.91 Å². The van der Waals surface area contributed by atoms with Gasteiger partial charge in [0.2, 0.25) is 0 Å². The maximum Gasteiger partial charge on any atom is 0.255 e. The van der Waals surface area contributed by atoms with Gasteiger partial charge in [0, 0.05) is 13.1 Å². The maximum absolute atomic E-state index is 12.1. The number of amides is 1. The Labute approximate surface area is 94.2 Å². The van der Waals surface area contributed by atoms with Gasteiger partial charge in [0.1, 0.15) is 0 Å². The van der Waals surface area contributed by atoms with E-state index in [4.69, 9.17) is 10.5 Å². The second-order valence-corrected chi connectivity index (χ2v) is 3.81. The fourth-order valence-electron chi connectivity index (χ4n) is 1.70. The van der Waals surface area contributed by atoms with Crippen LogP contribution < -0.4 is 5.73 Å². The molecule has 16 heavy (non-hydrogen) atoms. The minimum atomic E-state index is -0.0133. The molecular weight excluding hydrogens is 206 g/mol. The first-order valence-electron chi connectivity index (χ1n) is 5.27. The van der Waals surface area contributed by atoms with Crippen LogP contribution in [0.3, 0.4) is 0 Å². The molecule has 1 aliphatic rings. The van der Waals surface area contributed by atoms with E-state index in [9.17, 15) is 4.79 Å². The summed E-state index contributed by atoms with van der Waals surface area (Å²) in [6.07, 6.45) is 1.56. The Hall–Kier alpha value is -1.62. The van der Waals surface area contributed by atoms with Crippen molar-refractivity contribution in [3.63, 3.8) is 0 Å². The summed E-state index contributed by atoms with van der Waals surface area (Å²) >= 11 is 0. The van der Waals surface area contributed by atoms with E-state index in [1.807, 2.05) is 6.92 Å². The van der Waals surface area contributed by atoms with E-state index in [0.717, 1.165) is 0 Å². The molecule has 1 aromatic heterocycles. The van der Waals surface area contributed by atoms with Crippen molar-refractivity contribution in [3.05, 3.63) is 23.5 Å². The zero-order valence-electron chi connectivity index (χ0n) is 9.27. The molecule has 2 heterocycles. The second kappa shape index (κ2) is 4.49. The number of ether oxygens (including phenoxy) is 1. The largest absolute Gasteiger partial charge is 0.397 e. The molecule has 0 spiro atoms. The van der Waals surface area contributed by atoms with E-state index in [0.29, 0.717) is 43.2 Å². The molecule has 1 aromatic rings. The van der Waals surface area contributed by atoms with E-state index in [1.165, 1.54) is 0 Å². The van der Waals surface area contributed by atoms with Crippen LogP contribution in [-0.2, 0) is 4.74 Å². The van der Waals surface area contributed by atoms with Gasteiger partial charge in [-0.05, 0) is 13.0 Å². The third-order valence-corrected chi connectivity index (χ3v) is 2.64. The van der Waals surface area contributed by atoms with Crippen LogP contribution >= 0.6 is 0 Å². The summed E-state index contributed by atoms with van der Waals surface area (Å²) < 4.78 is 5.21. The number of pyridine rings is 1. The van der Waals surface area contributed by atoms with Crippen LogP contribution in [0, 0.1) is 6.92 Å². The SMILES string of the molecule is Cc1ncc(N)cc1C(=O)N1CCOCC1. The standard InChI is InChI=1S/C11H15N3O2/c1-8-10(6-9(12)7-13-8)11(15)14-2-4-16-5-3-14/h6-7H,2-5,12H2,1H3. The zero-order valence-corrected chi connectivity index (χ0v) is 9.27. The minimum Gasteiger partial charge on any atom is -0.397 e. The van der Waals surface area contributed by atoms with Gasteiger partial charge < -0.3 is 15.4 Å². The summed E-state index contributed by atoms with van der Waals surface area (Å²) in [7, 11) is 0. The molecule has 0 bridgehead atoms. The lowest BCUT2D eigenvalue weighted by atomic mass is 10.1. The molecule has 0 saturated carbocycles. The van der Waals surface area contributed by atoms with Crippen molar-refractivity contribution >= 4 is 11.6 Å². The van der Waals surface area contributed by atoms with Crippen molar-refractivity contribution < 1.29 is 9.53 Å². The number of nitrogens with zero attached hydrogens (tertiary/aromatic N) is 2. The van der Waals surface area contributed by atoms with Crippen molar-refractivity contribution in [2.45, 2.75) is 6.92 Å². The number of hydrogen-bond acceptors (Lipinski definition) is 4. The maximum atomic E-state index is 12.1. The Morgan fingerprint density at radius 1 is 1.50 bits per heavy atom. The molecule has 1 fully saturated rings. The van der Waals surface area contributed by atoms with E-state index >= 15 is 0 Å². The monoisotopic (exact) mass is 221 g/mol. The Morgan fingerprint density at radius 3 is 2.88 bits per heavy atom.